The van der Waals surface area contributed by atoms with E-state index < -0.39 is 15.5 Å². The molecule has 0 aliphatic carbocycles. The van der Waals surface area contributed by atoms with E-state index in [1.807, 2.05) is 12.1 Å². The van der Waals surface area contributed by atoms with Gasteiger partial charge in [0, 0.05) is 24.1 Å². The molecule has 1 aromatic carbocycles. The monoisotopic (exact) mass is 306 g/mol. The van der Waals surface area contributed by atoms with E-state index in [1.165, 1.54) is 18.5 Å². The zero-order valence-electron chi connectivity index (χ0n) is 12.0. The van der Waals surface area contributed by atoms with E-state index in [-0.39, 0.29) is 4.90 Å². The van der Waals surface area contributed by atoms with E-state index in [0.717, 1.165) is 12.0 Å². The summed E-state index contributed by atoms with van der Waals surface area (Å²) < 4.78 is 26.7. The number of hydrogen-bond donors (Lipinski definition) is 2. The maximum absolute atomic E-state index is 12.2. The van der Waals surface area contributed by atoms with Crippen molar-refractivity contribution in [1.82, 2.24) is 4.98 Å². The predicted octanol–water partition coefficient (Wildman–Crippen LogP) is 2.69. The smallest absolute Gasteiger partial charge is 0.267 e. The lowest BCUT2D eigenvalue weighted by molar-refractivity contribution is 0.600. The molecule has 2 rings (SSSR count). The molecule has 2 aromatic rings. The van der Waals surface area contributed by atoms with Crippen LogP contribution in [0.1, 0.15) is 31.7 Å². The van der Waals surface area contributed by atoms with Gasteiger partial charge in [0.05, 0.1) is 0 Å². The minimum absolute atomic E-state index is 0.295. The highest BCUT2D eigenvalue weighted by Crippen LogP contribution is 2.21. The number of rotatable bonds is 5. The molecule has 0 aliphatic rings. The second-order valence-corrected chi connectivity index (χ2v) is 6.56. The minimum atomic E-state index is -3.88. The topological polar surface area (TPSA) is 79.0 Å². The van der Waals surface area contributed by atoms with Crippen molar-refractivity contribution in [3.8, 4) is 0 Å². The summed E-state index contributed by atoms with van der Waals surface area (Å²) >= 11 is 0. The molecule has 5 nitrogen and oxygen atoms in total. The predicted molar refractivity (Wildman–Crippen MR) is 83.0 cm³/mol. The highest BCUT2D eigenvalue weighted by molar-refractivity contribution is 7.92. The Morgan fingerprint density at radius 1 is 1.19 bits per heavy atom. The largest absolute Gasteiger partial charge is 0.366 e. The summed E-state index contributed by atoms with van der Waals surface area (Å²) in [6, 6.07) is 8.37. The summed E-state index contributed by atoms with van der Waals surface area (Å²) in [5.41, 5.74) is 1.04. The summed E-state index contributed by atoms with van der Waals surface area (Å²) in [6.07, 6.45) is 3.59. The number of hydrogen-bond acceptors (Lipinski definition) is 3. The molecule has 112 valence electrons. The molecule has 1 heterocycles. The molecule has 1 aromatic heterocycles. The molecule has 0 fully saturated rings. The Hall–Kier alpha value is -2.08. The summed E-state index contributed by atoms with van der Waals surface area (Å²) in [5, 5.41) is 0. The van der Waals surface area contributed by atoms with Gasteiger partial charge in [0.2, 0.25) is 5.43 Å². The molecule has 21 heavy (non-hydrogen) atoms. The van der Waals surface area contributed by atoms with E-state index in [2.05, 4.69) is 23.6 Å². The van der Waals surface area contributed by atoms with Crippen LogP contribution in [0.2, 0.25) is 0 Å². The van der Waals surface area contributed by atoms with E-state index >= 15 is 0 Å². The molecule has 0 aliphatic heterocycles. The van der Waals surface area contributed by atoms with Crippen LogP contribution in [0.15, 0.2) is 52.4 Å². The first-order valence-corrected chi connectivity index (χ1v) is 8.22. The third-order valence-corrected chi connectivity index (χ3v) is 4.82. The van der Waals surface area contributed by atoms with Gasteiger partial charge in [-0.2, -0.15) is 0 Å². The van der Waals surface area contributed by atoms with Crippen LogP contribution in [-0.4, -0.2) is 13.4 Å². The fraction of sp³-hybridized carbons (Fsp3) is 0.267. The summed E-state index contributed by atoms with van der Waals surface area (Å²) in [5.74, 6) is 0.424. The molecule has 0 saturated heterocycles. The van der Waals surface area contributed by atoms with Gasteiger partial charge >= 0.3 is 0 Å². The van der Waals surface area contributed by atoms with Crippen LogP contribution in [0.4, 0.5) is 5.69 Å². The van der Waals surface area contributed by atoms with Gasteiger partial charge in [-0.05, 0) is 30.0 Å². The fourth-order valence-electron chi connectivity index (χ4n) is 1.94. The van der Waals surface area contributed by atoms with Gasteiger partial charge in [-0.1, -0.05) is 26.0 Å². The highest BCUT2D eigenvalue weighted by atomic mass is 32.2. The molecule has 2 N–H and O–H groups in total. The zero-order chi connectivity index (χ0) is 15.5. The average Bonchev–Trinajstić information content (AvgIpc) is 2.47. The number of pyridine rings is 1. The Kier molecular flexibility index (Phi) is 4.47. The number of H-pyrrole nitrogens is 1. The third-order valence-electron chi connectivity index (χ3n) is 3.42. The molecule has 0 saturated carbocycles. The molecular formula is C15H18N2O3S. The van der Waals surface area contributed by atoms with Crippen molar-refractivity contribution < 1.29 is 8.42 Å². The lowest BCUT2D eigenvalue weighted by atomic mass is 9.99. The van der Waals surface area contributed by atoms with E-state index in [9.17, 15) is 13.2 Å². The van der Waals surface area contributed by atoms with Crippen LogP contribution in [0.25, 0.3) is 0 Å². The summed E-state index contributed by atoms with van der Waals surface area (Å²) in [6.45, 7) is 4.21. The number of aromatic nitrogens is 1. The number of benzene rings is 1. The van der Waals surface area contributed by atoms with Gasteiger partial charge in [0.15, 0.2) is 4.90 Å². The molecule has 0 bridgehead atoms. The van der Waals surface area contributed by atoms with E-state index in [4.69, 9.17) is 0 Å². The van der Waals surface area contributed by atoms with Crippen molar-refractivity contribution >= 4 is 15.7 Å². The zero-order valence-corrected chi connectivity index (χ0v) is 12.8. The molecular weight excluding hydrogens is 288 g/mol. The lowest BCUT2D eigenvalue weighted by Crippen LogP contribution is -2.20. The Morgan fingerprint density at radius 3 is 2.43 bits per heavy atom. The van der Waals surface area contributed by atoms with Crippen molar-refractivity contribution in [2.24, 2.45) is 0 Å². The van der Waals surface area contributed by atoms with Crippen molar-refractivity contribution in [2.45, 2.75) is 31.1 Å². The van der Waals surface area contributed by atoms with Gasteiger partial charge in [0.1, 0.15) is 0 Å². The van der Waals surface area contributed by atoms with Crippen molar-refractivity contribution in [3.05, 3.63) is 58.5 Å². The van der Waals surface area contributed by atoms with Gasteiger partial charge in [-0.3, -0.25) is 9.52 Å². The maximum Gasteiger partial charge on any atom is 0.267 e. The van der Waals surface area contributed by atoms with Crippen LogP contribution in [0.5, 0.6) is 0 Å². The SMILES string of the molecule is CCC(C)c1ccc(NS(=O)(=O)c2c[nH]ccc2=O)cc1. The van der Waals surface area contributed by atoms with E-state index in [0.29, 0.717) is 11.6 Å². The van der Waals surface area contributed by atoms with Gasteiger partial charge in [-0.25, -0.2) is 8.42 Å². The van der Waals surface area contributed by atoms with Crippen LogP contribution < -0.4 is 10.2 Å². The first kappa shape index (κ1) is 15.3. The quantitative estimate of drug-likeness (QED) is 0.891. The number of anilines is 1. The third kappa shape index (κ3) is 3.52. The summed E-state index contributed by atoms with van der Waals surface area (Å²) in [4.78, 5) is 13.9. The van der Waals surface area contributed by atoms with Crippen molar-refractivity contribution in [3.63, 3.8) is 0 Å². The molecule has 6 heteroatoms. The second kappa shape index (κ2) is 6.13. The lowest BCUT2D eigenvalue weighted by Gasteiger charge is -2.11. The molecule has 0 radical (unpaired) electrons. The minimum Gasteiger partial charge on any atom is -0.366 e. The number of sulfonamides is 1. The Balaban J connectivity index is 2.25. The normalized spacial score (nSPS) is 12.9. The van der Waals surface area contributed by atoms with Crippen LogP contribution in [0, 0.1) is 0 Å². The Labute approximate surface area is 124 Å². The number of nitrogens with one attached hydrogen (secondary N) is 2. The van der Waals surface area contributed by atoms with Gasteiger partial charge < -0.3 is 4.98 Å². The highest BCUT2D eigenvalue weighted by Gasteiger charge is 2.17. The molecule has 1 atom stereocenters. The Bertz CT molecular complexity index is 764. The van der Waals surface area contributed by atoms with E-state index in [1.54, 1.807) is 12.1 Å². The van der Waals surface area contributed by atoms with Crippen LogP contribution >= 0.6 is 0 Å². The van der Waals surface area contributed by atoms with Crippen LogP contribution in [-0.2, 0) is 10.0 Å². The van der Waals surface area contributed by atoms with Crippen molar-refractivity contribution in [2.75, 3.05) is 4.72 Å². The Morgan fingerprint density at radius 2 is 1.86 bits per heavy atom. The maximum atomic E-state index is 12.2. The standard InChI is InChI=1S/C15H18N2O3S/c1-3-11(2)12-4-6-13(7-5-12)17-21(19,20)15-10-16-9-8-14(15)18/h4-11,17H,3H2,1-2H3,(H,16,18). The average molecular weight is 306 g/mol. The van der Waals surface area contributed by atoms with Gasteiger partial charge in [-0.15, -0.1) is 0 Å². The van der Waals surface area contributed by atoms with Crippen molar-refractivity contribution in [1.29, 1.82) is 0 Å². The number of aromatic amines is 1. The van der Waals surface area contributed by atoms with Gasteiger partial charge in [0.25, 0.3) is 10.0 Å². The first-order chi connectivity index (χ1) is 9.94. The summed E-state index contributed by atoms with van der Waals surface area (Å²) in [7, 11) is -3.88. The second-order valence-electron chi connectivity index (χ2n) is 4.91. The molecule has 0 spiro atoms. The molecule has 1 unspecified atom stereocenters. The fourth-order valence-corrected chi connectivity index (χ4v) is 3.05. The first-order valence-electron chi connectivity index (χ1n) is 6.74. The molecule has 0 amide bonds. The van der Waals surface area contributed by atoms with Crippen LogP contribution in [0.3, 0.4) is 0 Å².